The van der Waals surface area contributed by atoms with Crippen LogP contribution in [0.1, 0.15) is 13.3 Å². The van der Waals surface area contributed by atoms with Crippen LogP contribution in [0.2, 0.25) is 0 Å². The number of hydrogen-bond acceptors (Lipinski definition) is 3. The minimum absolute atomic E-state index is 0.342. The highest BCUT2D eigenvalue weighted by Crippen LogP contribution is 2.22. The molecule has 0 bridgehead atoms. The van der Waals surface area contributed by atoms with Gasteiger partial charge in [0, 0.05) is 0 Å². The number of rotatable bonds is 4. The van der Waals surface area contributed by atoms with E-state index in [-0.39, 0.29) is 5.97 Å². The fourth-order valence-electron chi connectivity index (χ4n) is 1.83. The van der Waals surface area contributed by atoms with Gasteiger partial charge < -0.3 is 9.47 Å². The lowest BCUT2D eigenvalue weighted by atomic mass is 10.1. The topological polar surface area (TPSA) is 35.5 Å². The van der Waals surface area contributed by atoms with Gasteiger partial charge in [0.15, 0.2) is 6.10 Å². The summed E-state index contributed by atoms with van der Waals surface area (Å²) in [6.07, 6.45) is 0.0376. The molecule has 0 saturated carbocycles. The van der Waals surface area contributed by atoms with E-state index in [1.165, 1.54) is 7.11 Å². The van der Waals surface area contributed by atoms with Crippen LogP contribution in [-0.4, -0.2) is 19.2 Å². The molecule has 0 heterocycles. The van der Waals surface area contributed by atoms with Gasteiger partial charge in [-0.3, -0.25) is 0 Å². The third-order valence-corrected chi connectivity index (χ3v) is 2.83. The summed E-state index contributed by atoms with van der Waals surface area (Å²) in [6.45, 7) is 1.89. The molecule has 0 radical (unpaired) electrons. The second kappa shape index (κ2) is 5.54. The molecule has 0 amide bonds. The van der Waals surface area contributed by atoms with Gasteiger partial charge in [-0.1, -0.05) is 37.3 Å². The Bertz CT molecular complexity index is 548. The fraction of sp³-hybridized carbons (Fsp3) is 0.267. The number of hydrogen-bond donors (Lipinski definition) is 0. The van der Waals surface area contributed by atoms with Gasteiger partial charge in [0.2, 0.25) is 0 Å². The zero-order chi connectivity index (χ0) is 13.0. The molecule has 0 N–H and O–H groups in total. The van der Waals surface area contributed by atoms with Crippen LogP contribution in [0.4, 0.5) is 0 Å². The molecule has 3 heteroatoms. The number of esters is 1. The predicted octanol–water partition coefficient (Wildman–Crippen LogP) is 3.17. The van der Waals surface area contributed by atoms with Crippen LogP contribution in [0.5, 0.6) is 5.75 Å². The van der Waals surface area contributed by atoms with Gasteiger partial charge in [0.05, 0.1) is 7.11 Å². The zero-order valence-corrected chi connectivity index (χ0v) is 10.6. The van der Waals surface area contributed by atoms with E-state index < -0.39 is 6.10 Å². The molecule has 1 unspecified atom stereocenters. The summed E-state index contributed by atoms with van der Waals surface area (Å²) in [6, 6.07) is 13.8. The van der Waals surface area contributed by atoms with E-state index in [9.17, 15) is 4.79 Å². The molecule has 0 aliphatic rings. The van der Waals surface area contributed by atoms with Crippen LogP contribution >= 0.6 is 0 Å². The van der Waals surface area contributed by atoms with Crippen LogP contribution in [0.15, 0.2) is 42.5 Å². The van der Waals surface area contributed by atoms with Crippen molar-refractivity contribution >= 4 is 16.7 Å². The average Bonchev–Trinajstić information content (AvgIpc) is 2.43. The Morgan fingerprint density at radius 3 is 2.56 bits per heavy atom. The molecule has 3 nitrogen and oxygen atoms in total. The molecule has 0 aromatic heterocycles. The predicted molar refractivity (Wildman–Crippen MR) is 70.7 cm³/mol. The van der Waals surface area contributed by atoms with Gasteiger partial charge >= 0.3 is 5.97 Å². The van der Waals surface area contributed by atoms with Crippen molar-refractivity contribution in [2.45, 2.75) is 19.4 Å². The molecule has 2 aromatic rings. The highest BCUT2D eigenvalue weighted by molar-refractivity contribution is 5.84. The van der Waals surface area contributed by atoms with Gasteiger partial charge in [-0.25, -0.2) is 4.79 Å². The Balaban J connectivity index is 2.23. The van der Waals surface area contributed by atoms with E-state index in [0.717, 1.165) is 10.8 Å². The number of benzene rings is 2. The molecule has 0 aliphatic heterocycles. The maximum atomic E-state index is 11.5. The molecule has 0 spiro atoms. The van der Waals surface area contributed by atoms with Crippen molar-refractivity contribution in [1.29, 1.82) is 0 Å². The first-order valence-corrected chi connectivity index (χ1v) is 5.98. The van der Waals surface area contributed by atoms with Crippen LogP contribution in [0.3, 0.4) is 0 Å². The minimum Gasteiger partial charge on any atom is -0.479 e. The van der Waals surface area contributed by atoms with Crippen molar-refractivity contribution in [1.82, 2.24) is 0 Å². The summed E-state index contributed by atoms with van der Waals surface area (Å²) in [5.74, 6) is 0.344. The molecular weight excluding hydrogens is 228 g/mol. The fourth-order valence-corrected chi connectivity index (χ4v) is 1.83. The monoisotopic (exact) mass is 244 g/mol. The van der Waals surface area contributed by atoms with Crippen molar-refractivity contribution in [2.24, 2.45) is 0 Å². The Labute approximate surface area is 106 Å². The first-order valence-electron chi connectivity index (χ1n) is 5.98. The van der Waals surface area contributed by atoms with Crippen molar-refractivity contribution in [2.75, 3.05) is 7.11 Å². The molecular formula is C15H16O3. The molecule has 0 aliphatic carbocycles. The molecule has 1 atom stereocenters. The summed E-state index contributed by atoms with van der Waals surface area (Å²) >= 11 is 0. The van der Waals surface area contributed by atoms with E-state index in [2.05, 4.69) is 0 Å². The van der Waals surface area contributed by atoms with Crippen molar-refractivity contribution in [3.63, 3.8) is 0 Å². The lowest BCUT2D eigenvalue weighted by Gasteiger charge is -2.15. The van der Waals surface area contributed by atoms with Crippen molar-refractivity contribution in [3.8, 4) is 5.75 Å². The summed E-state index contributed by atoms with van der Waals surface area (Å²) in [5.41, 5.74) is 0. The molecule has 0 fully saturated rings. The van der Waals surface area contributed by atoms with Crippen LogP contribution in [0, 0.1) is 0 Å². The van der Waals surface area contributed by atoms with Crippen LogP contribution < -0.4 is 4.74 Å². The first kappa shape index (κ1) is 12.4. The molecule has 94 valence electrons. The maximum Gasteiger partial charge on any atom is 0.347 e. The summed E-state index contributed by atoms with van der Waals surface area (Å²) in [7, 11) is 1.37. The highest BCUT2D eigenvalue weighted by Gasteiger charge is 2.18. The van der Waals surface area contributed by atoms with E-state index in [1.807, 2.05) is 49.4 Å². The van der Waals surface area contributed by atoms with Gasteiger partial charge in [0.25, 0.3) is 0 Å². The molecule has 0 saturated heterocycles. The smallest absolute Gasteiger partial charge is 0.347 e. The lowest BCUT2D eigenvalue weighted by molar-refractivity contribution is -0.148. The third kappa shape index (κ3) is 2.62. The Morgan fingerprint density at radius 1 is 1.17 bits per heavy atom. The highest BCUT2D eigenvalue weighted by atomic mass is 16.6. The van der Waals surface area contributed by atoms with E-state index in [1.54, 1.807) is 0 Å². The lowest BCUT2D eigenvalue weighted by Crippen LogP contribution is -2.27. The van der Waals surface area contributed by atoms with Gasteiger partial charge in [0.1, 0.15) is 5.75 Å². The number of carbonyl (C=O) groups excluding carboxylic acids is 1. The Morgan fingerprint density at radius 2 is 1.89 bits per heavy atom. The van der Waals surface area contributed by atoms with Crippen LogP contribution in [-0.2, 0) is 9.53 Å². The first-order chi connectivity index (χ1) is 8.74. The largest absolute Gasteiger partial charge is 0.479 e. The molecule has 2 rings (SSSR count). The second-order valence-electron chi connectivity index (χ2n) is 4.05. The summed E-state index contributed by atoms with van der Waals surface area (Å²) in [4.78, 5) is 11.5. The van der Waals surface area contributed by atoms with E-state index in [0.29, 0.717) is 12.2 Å². The Kier molecular flexibility index (Phi) is 3.82. The SMILES string of the molecule is CCC(Oc1ccc2ccccc2c1)C(=O)OC. The summed E-state index contributed by atoms with van der Waals surface area (Å²) < 4.78 is 10.3. The van der Waals surface area contributed by atoms with Crippen molar-refractivity contribution in [3.05, 3.63) is 42.5 Å². The number of methoxy groups -OCH3 is 1. The maximum absolute atomic E-state index is 11.5. The van der Waals surface area contributed by atoms with E-state index in [4.69, 9.17) is 9.47 Å². The number of fused-ring (bicyclic) bond motifs is 1. The van der Waals surface area contributed by atoms with Crippen LogP contribution in [0.25, 0.3) is 10.8 Å². The number of ether oxygens (including phenoxy) is 2. The zero-order valence-electron chi connectivity index (χ0n) is 10.6. The normalized spacial score (nSPS) is 12.1. The quantitative estimate of drug-likeness (QED) is 0.775. The third-order valence-electron chi connectivity index (χ3n) is 2.83. The number of carbonyl (C=O) groups is 1. The average molecular weight is 244 g/mol. The minimum atomic E-state index is -0.545. The Hall–Kier alpha value is -2.03. The second-order valence-corrected chi connectivity index (χ2v) is 4.05. The van der Waals surface area contributed by atoms with Gasteiger partial charge in [-0.15, -0.1) is 0 Å². The van der Waals surface area contributed by atoms with Gasteiger partial charge in [-0.2, -0.15) is 0 Å². The van der Waals surface area contributed by atoms with Gasteiger partial charge in [-0.05, 0) is 29.3 Å². The summed E-state index contributed by atoms with van der Waals surface area (Å²) in [5, 5.41) is 2.24. The molecule has 2 aromatic carbocycles. The van der Waals surface area contributed by atoms with E-state index >= 15 is 0 Å². The molecule has 18 heavy (non-hydrogen) atoms. The van der Waals surface area contributed by atoms with Crippen molar-refractivity contribution < 1.29 is 14.3 Å². The standard InChI is InChI=1S/C15H16O3/c1-3-14(15(16)17-2)18-13-9-8-11-6-4-5-7-12(11)10-13/h4-10,14H,3H2,1-2H3.